The molecule has 0 aromatic carbocycles. The second kappa shape index (κ2) is 2.46. The number of hydrogen-bond acceptors (Lipinski definition) is 2. The van der Waals surface area contributed by atoms with Crippen LogP contribution in [0.2, 0.25) is 0 Å². The van der Waals surface area contributed by atoms with Gasteiger partial charge in [-0.05, 0) is 38.1 Å². The van der Waals surface area contributed by atoms with Crippen LogP contribution in [0.4, 0.5) is 0 Å². The van der Waals surface area contributed by atoms with Crippen LogP contribution in [-0.2, 0) is 4.79 Å². The minimum absolute atomic E-state index is 0.155. The monoisotopic (exact) mass is 168 g/mol. The van der Waals surface area contributed by atoms with Crippen LogP contribution < -0.4 is 11.1 Å². The van der Waals surface area contributed by atoms with Gasteiger partial charge in [0.1, 0.15) is 5.54 Å². The van der Waals surface area contributed by atoms with Crippen LogP contribution >= 0.6 is 0 Å². The Kier molecular flexibility index (Phi) is 1.65. The first-order valence-corrected chi connectivity index (χ1v) is 4.68. The van der Waals surface area contributed by atoms with Crippen LogP contribution in [-0.4, -0.2) is 18.5 Å². The number of rotatable bonds is 2. The fraction of sp³-hybridized carbons (Fsp3) is 0.889. The SMILES string of the molecule is CNC1(C(N)=O)CC2CCC1C2. The maximum absolute atomic E-state index is 11.3. The highest BCUT2D eigenvalue weighted by atomic mass is 16.1. The molecule has 0 aromatic rings. The maximum atomic E-state index is 11.3. The molecule has 0 spiro atoms. The molecule has 1 amide bonds. The number of nitrogens with two attached hydrogens (primary N) is 1. The van der Waals surface area contributed by atoms with Gasteiger partial charge in [-0.25, -0.2) is 0 Å². The molecule has 3 nitrogen and oxygen atoms in total. The predicted molar refractivity (Wildman–Crippen MR) is 46.4 cm³/mol. The minimum atomic E-state index is -0.358. The molecule has 3 atom stereocenters. The Balaban J connectivity index is 2.25. The van der Waals surface area contributed by atoms with Gasteiger partial charge in [0.2, 0.25) is 5.91 Å². The fourth-order valence-electron chi connectivity index (χ4n) is 3.06. The van der Waals surface area contributed by atoms with Crippen molar-refractivity contribution >= 4 is 5.91 Å². The Morgan fingerprint density at radius 3 is 2.58 bits per heavy atom. The van der Waals surface area contributed by atoms with E-state index in [4.69, 9.17) is 5.73 Å². The molecule has 3 N–H and O–H groups in total. The summed E-state index contributed by atoms with van der Waals surface area (Å²) in [5.41, 5.74) is 5.07. The van der Waals surface area contributed by atoms with Crippen molar-refractivity contribution in [2.24, 2.45) is 17.6 Å². The second-order valence-corrected chi connectivity index (χ2v) is 4.17. The van der Waals surface area contributed by atoms with Crippen molar-refractivity contribution < 1.29 is 4.79 Å². The Bertz CT molecular complexity index is 217. The molecule has 3 heteroatoms. The third-order valence-electron chi connectivity index (χ3n) is 3.73. The smallest absolute Gasteiger partial charge is 0.238 e. The molecular weight excluding hydrogens is 152 g/mol. The first-order chi connectivity index (χ1) is 5.69. The van der Waals surface area contributed by atoms with Crippen molar-refractivity contribution in [1.82, 2.24) is 5.32 Å². The van der Waals surface area contributed by atoms with E-state index in [0.717, 1.165) is 12.3 Å². The van der Waals surface area contributed by atoms with Crippen LogP contribution in [0.25, 0.3) is 0 Å². The molecule has 0 heterocycles. The largest absolute Gasteiger partial charge is 0.368 e. The molecule has 12 heavy (non-hydrogen) atoms. The third-order valence-corrected chi connectivity index (χ3v) is 3.73. The molecule has 0 saturated heterocycles. The summed E-state index contributed by atoms with van der Waals surface area (Å²) in [7, 11) is 1.85. The van der Waals surface area contributed by atoms with Gasteiger partial charge in [0, 0.05) is 0 Å². The summed E-state index contributed by atoms with van der Waals surface area (Å²) in [4.78, 5) is 11.3. The van der Waals surface area contributed by atoms with E-state index < -0.39 is 0 Å². The highest BCUT2D eigenvalue weighted by Gasteiger charge is 2.53. The van der Waals surface area contributed by atoms with E-state index in [2.05, 4.69) is 5.32 Å². The van der Waals surface area contributed by atoms with Gasteiger partial charge in [-0.3, -0.25) is 4.79 Å². The van der Waals surface area contributed by atoms with Gasteiger partial charge < -0.3 is 11.1 Å². The number of fused-ring (bicyclic) bond motifs is 2. The topological polar surface area (TPSA) is 55.1 Å². The third kappa shape index (κ3) is 0.829. The Morgan fingerprint density at radius 2 is 2.33 bits per heavy atom. The molecule has 0 aliphatic heterocycles. The second-order valence-electron chi connectivity index (χ2n) is 4.17. The Hall–Kier alpha value is -0.570. The molecular formula is C9H16N2O. The number of primary amides is 1. The molecule has 68 valence electrons. The summed E-state index contributed by atoms with van der Waals surface area (Å²) < 4.78 is 0. The molecule has 2 aliphatic carbocycles. The van der Waals surface area contributed by atoms with E-state index in [1.54, 1.807) is 0 Å². The summed E-state index contributed by atoms with van der Waals surface area (Å²) in [5, 5.41) is 3.13. The van der Waals surface area contributed by atoms with Gasteiger partial charge in [0.15, 0.2) is 0 Å². The number of likely N-dealkylation sites (N-methyl/N-ethyl adjacent to an activating group) is 1. The van der Waals surface area contributed by atoms with E-state index in [-0.39, 0.29) is 11.4 Å². The fourth-order valence-corrected chi connectivity index (χ4v) is 3.06. The summed E-state index contributed by atoms with van der Waals surface area (Å²) in [6.07, 6.45) is 4.63. The van der Waals surface area contributed by atoms with Crippen molar-refractivity contribution in [2.75, 3.05) is 7.05 Å². The lowest BCUT2D eigenvalue weighted by Gasteiger charge is -2.34. The van der Waals surface area contributed by atoms with Crippen molar-refractivity contribution in [2.45, 2.75) is 31.2 Å². The van der Waals surface area contributed by atoms with E-state index in [0.29, 0.717) is 5.92 Å². The number of amides is 1. The standard InChI is InChI=1S/C9H16N2O/c1-11-9(8(10)12)5-6-2-3-7(9)4-6/h6-7,11H,2-5H2,1H3,(H2,10,12). The molecule has 0 radical (unpaired) electrons. The zero-order valence-corrected chi connectivity index (χ0v) is 7.47. The van der Waals surface area contributed by atoms with E-state index in [9.17, 15) is 4.79 Å². The van der Waals surface area contributed by atoms with Crippen LogP contribution in [0, 0.1) is 11.8 Å². The van der Waals surface area contributed by atoms with Crippen molar-refractivity contribution in [1.29, 1.82) is 0 Å². The van der Waals surface area contributed by atoms with E-state index in [1.165, 1.54) is 19.3 Å². The van der Waals surface area contributed by atoms with Gasteiger partial charge in [0.05, 0.1) is 0 Å². The number of hydrogen-bond donors (Lipinski definition) is 2. The molecule has 2 aliphatic rings. The first-order valence-electron chi connectivity index (χ1n) is 4.68. The van der Waals surface area contributed by atoms with Crippen LogP contribution in [0.15, 0.2) is 0 Å². The Labute approximate surface area is 72.7 Å². The zero-order valence-electron chi connectivity index (χ0n) is 7.47. The van der Waals surface area contributed by atoms with Crippen LogP contribution in [0.3, 0.4) is 0 Å². The summed E-state index contributed by atoms with van der Waals surface area (Å²) in [5.74, 6) is 1.09. The predicted octanol–water partition coefficient (Wildman–Crippen LogP) is 0.250. The zero-order chi connectivity index (χ0) is 8.77. The number of carbonyl (C=O) groups is 1. The maximum Gasteiger partial charge on any atom is 0.238 e. The lowest BCUT2D eigenvalue weighted by molar-refractivity contribution is -0.126. The highest BCUT2D eigenvalue weighted by molar-refractivity contribution is 5.85. The number of nitrogens with one attached hydrogen (secondary N) is 1. The molecule has 3 unspecified atom stereocenters. The minimum Gasteiger partial charge on any atom is -0.368 e. The number of carbonyl (C=O) groups excluding carboxylic acids is 1. The first kappa shape index (κ1) is 8.05. The van der Waals surface area contributed by atoms with Gasteiger partial charge in [-0.1, -0.05) is 6.42 Å². The van der Waals surface area contributed by atoms with Gasteiger partial charge >= 0.3 is 0 Å². The van der Waals surface area contributed by atoms with E-state index >= 15 is 0 Å². The normalized spacial score (nSPS) is 45.1. The summed E-state index contributed by atoms with van der Waals surface area (Å²) in [6, 6.07) is 0. The summed E-state index contributed by atoms with van der Waals surface area (Å²) >= 11 is 0. The molecule has 0 aromatic heterocycles. The highest BCUT2D eigenvalue weighted by Crippen LogP contribution is 2.50. The quantitative estimate of drug-likeness (QED) is 0.621. The van der Waals surface area contributed by atoms with Gasteiger partial charge in [0.25, 0.3) is 0 Å². The van der Waals surface area contributed by atoms with Gasteiger partial charge in [-0.15, -0.1) is 0 Å². The average Bonchev–Trinajstić information content (AvgIpc) is 2.62. The lowest BCUT2D eigenvalue weighted by Crippen LogP contribution is -2.57. The van der Waals surface area contributed by atoms with E-state index in [1.807, 2.05) is 7.05 Å². The Morgan fingerprint density at radius 1 is 1.58 bits per heavy atom. The molecule has 2 fully saturated rings. The molecule has 2 bridgehead atoms. The van der Waals surface area contributed by atoms with Gasteiger partial charge in [-0.2, -0.15) is 0 Å². The van der Waals surface area contributed by atoms with Crippen LogP contribution in [0.5, 0.6) is 0 Å². The van der Waals surface area contributed by atoms with Crippen molar-refractivity contribution in [3.63, 3.8) is 0 Å². The molecule has 2 saturated carbocycles. The van der Waals surface area contributed by atoms with Crippen molar-refractivity contribution in [3.05, 3.63) is 0 Å². The lowest BCUT2D eigenvalue weighted by atomic mass is 9.80. The average molecular weight is 168 g/mol. The summed E-state index contributed by atoms with van der Waals surface area (Å²) in [6.45, 7) is 0. The van der Waals surface area contributed by atoms with Crippen LogP contribution in [0.1, 0.15) is 25.7 Å². The van der Waals surface area contributed by atoms with Crippen molar-refractivity contribution in [3.8, 4) is 0 Å². The molecule has 2 rings (SSSR count).